The van der Waals surface area contributed by atoms with E-state index >= 15 is 0 Å². The van der Waals surface area contributed by atoms with Crippen LogP contribution < -0.4 is 10.6 Å². The van der Waals surface area contributed by atoms with Gasteiger partial charge in [-0.2, -0.15) is 0 Å². The molecule has 3 fully saturated rings. The number of hydrogen-bond acceptors (Lipinski definition) is 6. The van der Waals surface area contributed by atoms with Gasteiger partial charge >= 0.3 is 0 Å². The molecule has 2 saturated heterocycles. The number of aromatic nitrogens is 1. The van der Waals surface area contributed by atoms with Crippen LogP contribution in [0.3, 0.4) is 0 Å². The maximum atomic E-state index is 12.7. The number of likely N-dealkylation sites (tertiary alicyclic amines) is 1. The van der Waals surface area contributed by atoms with E-state index < -0.39 is 0 Å². The van der Waals surface area contributed by atoms with Crippen LogP contribution in [-0.2, 0) is 9.53 Å². The smallest absolute Gasteiger partial charge is 0.263 e. The van der Waals surface area contributed by atoms with Gasteiger partial charge in [0, 0.05) is 44.4 Å². The number of hydrogen-bond donors (Lipinski definition) is 2. The topological polar surface area (TPSA) is 83.6 Å². The predicted octanol–water partition coefficient (Wildman–Crippen LogP) is 1.41. The van der Waals surface area contributed by atoms with E-state index in [1.54, 1.807) is 11.7 Å². The van der Waals surface area contributed by atoms with Crippen LogP contribution in [0.15, 0.2) is 11.7 Å². The Morgan fingerprint density at radius 1 is 1.04 bits per heavy atom. The molecular formula is C19H28N4O3S. The van der Waals surface area contributed by atoms with Crippen LogP contribution in [0.4, 0.5) is 0 Å². The van der Waals surface area contributed by atoms with Crippen LogP contribution in [0.1, 0.15) is 48.2 Å². The van der Waals surface area contributed by atoms with Crippen LogP contribution in [-0.4, -0.2) is 66.1 Å². The average molecular weight is 393 g/mol. The van der Waals surface area contributed by atoms with E-state index in [0.717, 1.165) is 64.8 Å². The van der Waals surface area contributed by atoms with E-state index in [-0.39, 0.29) is 23.8 Å². The van der Waals surface area contributed by atoms with Crippen molar-refractivity contribution in [2.45, 2.75) is 56.7 Å². The minimum Gasteiger partial charge on any atom is -0.381 e. The molecule has 148 valence electrons. The lowest BCUT2D eigenvalue weighted by molar-refractivity contribution is -0.126. The first-order chi connectivity index (χ1) is 13.2. The monoisotopic (exact) mass is 392 g/mol. The van der Waals surface area contributed by atoms with Gasteiger partial charge < -0.3 is 15.4 Å². The Bertz CT molecular complexity index is 643. The molecule has 0 radical (unpaired) electrons. The predicted molar refractivity (Wildman–Crippen MR) is 103 cm³/mol. The first kappa shape index (κ1) is 18.8. The van der Waals surface area contributed by atoms with Gasteiger partial charge in [0.2, 0.25) is 5.91 Å². The van der Waals surface area contributed by atoms with Crippen LogP contribution in [0.25, 0.3) is 0 Å². The Morgan fingerprint density at radius 2 is 1.81 bits per heavy atom. The maximum Gasteiger partial charge on any atom is 0.263 e. The van der Waals surface area contributed by atoms with Crippen LogP contribution in [0.2, 0.25) is 0 Å². The van der Waals surface area contributed by atoms with Gasteiger partial charge in [-0.3, -0.25) is 19.5 Å². The molecule has 1 aromatic rings. The zero-order chi connectivity index (χ0) is 18.6. The van der Waals surface area contributed by atoms with Gasteiger partial charge in [-0.25, -0.2) is 0 Å². The second-order valence-electron chi connectivity index (χ2n) is 7.89. The molecule has 0 bridgehead atoms. The Labute approximate surface area is 163 Å². The minimum atomic E-state index is -0.0599. The second kappa shape index (κ2) is 8.67. The molecule has 2 amide bonds. The molecule has 3 heterocycles. The molecule has 0 unspecified atom stereocenters. The Kier molecular flexibility index (Phi) is 6.04. The number of ether oxygens (including phenoxy) is 1. The maximum absolute atomic E-state index is 12.7. The molecular weight excluding hydrogens is 364 g/mol. The van der Waals surface area contributed by atoms with Crippen molar-refractivity contribution in [2.24, 2.45) is 5.92 Å². The zero-order valence-corrected chi connectivity index (χ0v) is 16.4. The van der Waals surface area contributed by atoms with E-state index in [2.05, 4.69) is 20.5 Å². The van der Waals surface area contributed by atoms with Gasteiger partial charge in [0.25, 0.3) is 5.91 Å². The summed E-state index contributed by atoms with van der Waals surface area (Å²) in [5.74, 6) is 0.123. The van der Waals surface area contributed by atoms with Crippen molar-refractivity contribution in [2.75, 3.05) is 26.3 Å². The Balaban J connectivity index is 1.43. The van der Waals surface area contributed by atoms with E-state index in [1.165, 1.54) is 11.3 Å². The van der Waals surface area contributed by atoms with Gasteiger partial charge in [-0.05, 0) is 38.5 Å². The standard InChI is InChI=1S/C19H28N4O3S/c24-18(21-14-3-4-14)13-1-2-15(22-19(25)17-9-20-12-27-17)11-23(10-13)16-5-7-26-8-6-16/h9,12-16H,1-8,10-11H2,(H,21,24)(H,22,25)/t13-,15+/m1/s1. The molecule has 3 aliphatic rings. The largest absolute Gasteiger partial charge is 0.381 e. The van der Waals surface area contributed by atoms with Gasteiger partial charge in [0.1, 0.15) is 4.88 Å². The van der Waals surface area contributed by atoms with Crippen molar-refractivity contribution < 1.29 is 14.3 Å². The third-order valence-electron chi connectivity index (χ3n) is 5.77. The summed E-state index contributed by atoms with van der Waals surface area (Å²) in [7, 11) is 0. The quantitative estimate of drug-likeness (QED) is 0.792. The fourth-order valence-electron chi connectivity index (χ4n) is 4.04. The van der Waals surface area contributed by atoms with Gasteiger partial charge in [0.05, 0.1) is 17.6 Å². The summed E-state index contributed by atoms with van der Waals surface area (Å²) >= 11 is 1.36. The average Bonchev–Trinajstić information content (AvgIpc) is 3.37. The molecule has 1 aliphatic carbocycles. The van der Waals surface area contributed by atoms with Crippen molar-refractivity contribution in [1.82, 2.24) is 20.5 Å². The normalized spacial score (nSPS) is 27.7. The molecule has 2 atom stereocenters. The van der Waals surface area contributed by atoms with Crippen molar-refractivity contribution in [3.8, 4) is 0 Å². The van der Waals surface area contributed by atoms with E-state index in [0.29, 0.717) is 17.0 Å². The Morgan fingerprint density at radius 3 is 2.52 bits per heavy atom. The fraction of sp³-hybridized carbons (Fsp3) is 0.737. The lowest BCUT2D eigenvalue weighted by Crippen LogP contribution is -2.49. The highest BCUT2D eigenvalue weighted by molar-refractivity contribution is 7.11. The van der Waals surface area contributed by atoms with Crippen molar-refractivity contribution in [1.29, 1.82) is 0 Å². The first-order valence-electron chi connectivity index (χ1n) is 10.0. The third-order valence-corrected chi connectivity index (χ3v) is 6.54. The van der Waals surface area contributed by atoms with Crippen LogP contribution >= 0.6 is 11.3 Å². The van der Waals surface area contributed by atoms with Gasteiger partial charge in [0.15, 0.2) is 0 Å². The van der Waals surface area contributed by atoms with E-state index in [1.807, 2.05) is 0 Å². The number of nitrogens with zero attached hydrogens (tertiary/aromatic N) is 2. The van der Waals surface area contributed by atoms with E-state index in [9.17, 15) is 9.59 Å². The molecule has 1 aromatic heterocycles. The summed E-state index contributed by atoms with van der Waals surface area (Å²) in [6.07, 6.45) is 7.45. The molecule has 7 nitrogen and oxygen atoms in total. The number of thiazole rings is 1. The number of carbonyl (C=O) groups excluding carboxylic acids is 2. The number of rotatable bonds is 5. The highest BCUT2D eigenvalue weighted by Gasteiger charge is 2.35. The fourth-order valence-corrected chi connectivity index (χ4v) is 4.56. The third kappa shape index (κ3) is 5.06. The first-order valence-corrected chi connectivity index (χ1v) is 10.9. The molecule has 2 N–H and O–H groups in total. The lowest BCUT2D eigenvalue weighted by Gasteiger charge is -2.36. The number of nitrogens with one attached hydrogen (secondary N) is 2. The number of amides is 2. The summed E-state index contributed by atoms with van der Waals surface area (Å²) in [6.45, 7) is 3.12. The van der Waals surface area contributed by atoms with Crippen molar-refractivity contribution in [3.05, 3.63) is 16.6 Å². The Hall–Kier alpha value is -1.51. The minimum absolute atomic E-state index is 0.00116. The molecule has 1 saturated carbocycles. The van der Waals surface area contributed by atoms with Crippen molar-refractivity contribution in [3.63, 3.8) is 0 Å². The molecule has 2 aliphatic heterocycles. The SMILES string of the molecule is O=C(N[C@H]1CC[C@@H](C(=O)NC2CC2)CN(C2CCOCC2)C1)c1cncs1. The lowest BCUT2D eigenvalue weighted by atomic mass is 10.00. The molecule has 0 spiro atoms. The molecule has 4 rings (SSSR count). The zero-order valence-electron chi connectivity index (χ0n) is 15.6. The summed E-state index contributed by atoms with van der Waals surface area (Å²) < 4.78 is 5.52. The molecule has 8 heteroatoms. The molecule has 0 aromatic carbocycles. The summed E-state index contributed by atoms with van der Waals surface area (Å²) in [5.41, 5.74) is 1.68. The van der Waals surface area contributed by atoms with Crippen LogP contribution in [0.5, 0.6) is 0 Å². The van der Waals surface area contributed by atoms with Gasteiger partial charge in [-0.15, -0.1) is 11.3 Å². The molecule has 27 heavy (non-hydrogen) atoms. The summed E-state index contributed by atoms with van der Waals surface area (Å²) in [5, 5.41) is 6.34. The van der Waals surface area contributed by atoms with E-state index in [4.69, 9.17) is 4.74 Å². The highest BCUT2D eigenvalue weighted by Crippen LogP contribution is 2.25. The van der Waals surface area contributed by atoms with Crippen molar-refractivity contribution >= 4 is 23.2 Å². The summed E-state index contributed by atoms with van der Waals surface area (Å²) in [4.78, 5) is 32.2. The number of carbonyl (C=O) groups is 2. The summed E-state index contributed by atoms with van der Waals surface area (Å²) in [6, 6.07) is 0.871. The second-order valence-corrected chi connectivity index (χ2v) is 8.78. The van der Waals surface area contributed by atoms with Gasteiger partial charge in [-0.1, -0.05) is 0 Å². The van der Waals surface area contributed by atoms with Crippen LogP contribution in [0, 0.1) is 5.92 Å². The highest BCUT2D eigenvalue weighted by atomic mass is 32.1.